The van der Waals surface area contributed by atoms with E-state index in [0.717, 1.165) is 5.19 Å². The molecule has 8 nitrogen and oxygen atoms in total. The molecule has 10 heteroatoms. The average Bonchev–Trinajstić information content (AvgIpc) is 2.79. The van der Waals surface area contributed by atoms with Crippen LogP contribution >= 0.6 is 0 Å². The minimum atomic E-state index is -2.92. The number of esters is 1. The Hall–Kier alpha value is -1.73. The predicted molar refractivity (Wildman–Crippen MR) is 161 cm³/mol. The van der Waals surface area contributed by atoms with Crippen LogP contribution in [-0.2, 0) is 27.5 Å². The van der Waals surface area contributed by atoms with Gasteiger partial charge in [-0.2, -0.15) is 0 Å². The van der Waals surface area contributed by atoms with E-state index >= 15 is 0 Å². The number of carbonyl (C=O) groups excluding carboxylic acids is 2. The van der Waals surface area contributed by atoms with E-state index < -0.39 is 46.5 Å². The summed E-state index contributed by atoms with van der Waals surface area (Å²) in [6, 6.07) is 9.33. The zero-order chi connectivity index (χ0) is 30.3. The molecule has 0 radical (unpaired) electrons. The van der Waals surface area contributed by atoms with Crippen LogP contribution in [0.5, 0.6) is 0 Å². The molecule has 1 aromatic carbocycles. The van der Waals surface area contributed by atoms with Crippen molar-refractivity contribution in [2.75, 3.05) is 27.4 Å². The van der Waals surface area contributed by atoms with Crippen LogP contribution in [0.2, 0.25) is 23.2 Å². The molecule has 3 atom stereocenters. The number of hydrogen-bond acceptors (Lipinski definition) is 7. The number of benzene rings is 1. The number of rotatable bonds is 12. The highest BCUT2D eigenvalue weighted by molar-refractivity contribution is 6.83. The maximum Gasteiger partial charge on any atom is 0.407 e. The van der Waals surface area contributed by atoms with Crippen molar-refractivity contribution in [3.8, 4) is 0 Å². The summed E-state index contributed by atoms with van der Waals surface area (Å²) in [5.41, 5.74) is -0.693. The molecule has 1 rings (SSSR count). The second kappa shape index (κ2) is 13.8. The summed E-state index contributed by atoms with van der Waals surface area (Å²) in [6.45, 7) is 22.8. The molecule has 0 saturated heterocycles. The minimum Gasteiger partial charge on any atom is -0.469 e. The molecular formula is C29H53NO7Si2. The number of hydrogen-bond donors (Lipinski definition) is 1. The van der Waals surface area contributed by atoms with Crippen molar-refractivity contribution in [2.24, 2.45) is 5.92 Å². The van der Waals surface area contributed by atoms with Crippen LogP contribution in [0.4, 0.5) is 4.79 Å². The number of alkyl carbamates (subject to hydrolysis) is 1. The second-order valence-electron chi connectivity index (χ2n) is 13.5. The Labute approximate surface area is 238 Å². The molecule has 1 amide bonds. The topological polar surface area (TPSA) is 92.3 Å². The Bertz CT molecular complexity index is 920. The van der Waals surface area contributed by atoms with E-state index in [-0.39, 0.29) is 23.3 Å². The summed E-state index contributed by atoms with van der Waals surface area (Å²) in [7, 11) is -2.07. The number of methoxy groups -OCH3 is 1. The average molecular weight is 584 g/mol. The zero-order valence-electron chi connectivity index (χ0n) is 26.5. The van der Waals surface area contributed by atoms with Gasteiger partial charge in [-0.15, -0.1) is 0 Å². The van der Waals surface area contributed by atoms with Gasteiger partial charge in [0, 0.05) is 31.4 Å². The lowest BCUT2D eigenvalue weighted by Gasteiger charge is -2.41. The molecule has 0 aromatic heterocycles. The Morgan fingerprint density at radius 3 is 1.87 bits per heavy atom. The molecule has 0 bridgehead atoms. The van der Waals surface area contributed by atoms with Crippen LogP contribution < -0.4 is 10.5 Å². The Morgan fingerprint density at radius 1 is 0.872 bits per heavy atom. The number of carbonyl (C=O) groups is 2. The maximum atomic E-state index is 13.0. The Kier molecular flexibility index (Phi) is 12.5. The van der Waals surface area contributed by atoms with E-state index in [0.29, 0.717) is 6.42 Å². The Balaban J connectivity index is 3.32. The van der Waals surface area contributed by atoms with Gasteiger partial charge in [-0.3, -0.25) is 4.79 Å². The maximum absolute atomic E-state index is 13.0. The zero-order valence-corrected chi connectivity index (χ0v) is 28.5. The summed E-state index contributed by atoms with van der Waals surface area (Å²) in [6.07, 6.45) is -0.274. The van der Waals surface area contributed by atoms with E-state index in [1.165, 1.54) is 7.11 Å². The molecule has 0 saturated carbocycles. The standard InChI is InChI=1S/C29H53NO7Si2/c1-27(2,3)37-26(32)30-24(23(25(31)33-10)21-36-38(12,13)28(4,5)6)19-20-35-39(34-11,29(7,8)9)22-17-15-14-16-18-22/h14-18,23-24H,19-21H2,1-13H3,(H,30,32)/t23-,24+,39?/m0/s1. The fraction of sp³-hybridized carbons (Fsp3) is 0.724. The van der Waals surface area contributed by atoms with Gasteiger partial charge >= 0.3 is 20.6 Å². The SMILES string of the molecule is COC(=O)[C@@H](CO[Si](C)(C)C(C)(C)C)[C@@H](CCO[Si](OC)(c1ccccc1)C(C)(C)C)NC(=O)OC(C)(C)C. The molecule has 0 heterocycles. The Morgan fingerprint density at radius 2 is 1.44 bits per heavy atom. The third kappa shape index (κ3) is 10.0. The van der Waals surface area contributed by atoms with Crippen molar-refractivity contribution in [1.29, 1.82) is 0 Å². The quantitative estimate of drug-likeness (QED) is 0.242. The molecule has 0 aliphatic carbocycles. The van der Waals surface area contributed by atoms with Crippen LogP contribution in [0.25, 0.3) is 0 Å². The first kappa shape index (κ1) is 35.3. The molecule has 0 aliphatic heterocycles. The highest BCUT2D eigenvalue weighted by Gasteiger charge is 2.51. The molecule has 1 N–H and O–H groups in total. The summed E-state index contributed by atoms with van der Waals surface area (Å²) in [5.74, 6) is -1.20. The van der Waals surface area contributed by atoms with Crippen molar-refractivity contribution in [3.63, 3.8) is 0 Å². The van der Waals surface area contributed by atoms with E-state index in [1.807, 2.05) is 30.3 Å². The van der Waals surface area contributed by atoms with Gasteiger partial charge in [0.1, 0.15) is 5.60 Å². The first-order chi connectivity index (χ1) is 17.7. The van der Waals surface area contributed by atoms with Gasteiger partial charge in [0.05, 0.1) is 13.0 Å². The summed E-state index contributed by atoms with van der Waals surface area (Å²) in [5, 5.41) is 3.60. The molecule has 39 heavy (non-hydrogen) atoms. The van der Waals surface area contributed by atoms with E-state index in [4.69, 9.17) is 22.8 Å². The third-order valence-corrected chi connectivity index (χ3v) is 16.0. The molecule has 1 unspecified atom stereocenters. The molecule has 224 valence electrons. The molecule has 0 fully saturated rings. The van der Waals surface area contributed by atoms with E-state index in [1.54, 1.807) is 27.9 Å². The second-order valence-corrected chi connectivity index (χ2v) is 22.3. The van der Waals surface area contributed by atoms with Crippen molar-refractivity contribution in [2.45, 2.75) is 104 Å². The fourth-order valence-corrected chi connectivity index (χ4v) is 8.55. The van der Waals surface area contributed by atoms with Crippen molar-refractivity contribution >= 4 is 34.1 Å². The van der Waals surface area contributed by atoms with Gasteiger partial charge in [0.25, 0.3) is 0 Å². The number of nitrogens with one attached hydrogen (secondary N) is 1. The monoisotopic (exact) mass is 583 g/mol. The highest BCUT2D eigenvalue weighted by atomic mass is 28.4. The summed E-state index contributed by atoms with van der Waals surface area (Å²) >= 11 is 0. The van der Waals surface area contributed by atoms with Crippen LogP contribution in [0, 0.1) is 5.92 Å². The van der Waals surface area contributed by atoms with Gasteiger partial charge < -0.3 is 28.1 Å². The fourth-order valence-electron chi connectivity index (χ4n) is 4.05. The van der Waals surface area contributed by atoms with E-state index in [9.17, 15) is 9.59 Å². The van der Waals surface area contributed by atoms with Crippen LogP contribution in [0.3, 0.4) is 0 Å². The first-order valence-corrected chi connectivity index (χ1v) is 18.4. The van der Waals surface area contributed by atoms with Gasteiger partial charge in [0.15, 0.2) is 8.32 Å². The van der Waals surface area contributed by atoms with Gasteiger partial charge in [0.2, 0.25) is 0 Å². The van der Waals surface area contributed by atoms with Gasteiger partial charge in [-0.05, 0) is 50.5 Å². The molecule has 1 aromatic rings. The van der Waals surface area contributed by atoms with Crippen LogP contribution in [0.15, 0.2) is 30.3 Å². The lowest BCUT2D eigenvalue weighted by atomic mass is 9.98. The van der Waals surface area contributed by atoms with Crippen molar-refractivity contribution < 1.29 is 32.3 Å². The van der Waals surface area contributed by atoms with Crippen molar-refractivity contribution in [3.05, 3.63) is 30.3 Å². The largest absolute Gasteiger partial charge is 0.469 e. The first-order valence-electron chi connectivity index (χ1n) is 13.7. The number of ether oxygens (including phenoxy) is 2. The molecule has 0 aliphatic rings. The van der Waals surface area contributed by atoms with Crippen LogP contribution in [0.1, 0.15) is 68.7 Å². The molecule has 0 spiro atoms. The number of amides is 1. The summed E-state index contributed by atoms with van der Waals surface area (Å²) in [4.78, 5) is 25.9. The van der Waals surface area contributed by atoms with Gasteiger partial charge in [-0.1, -0.05) is 71.9 Å². The summed E-state index contributed by atoms with van der Waals surface area (Å²) < 4.78 is 29.9. The minimum absolute atomic E-state index is 0.0447. The predicted octanol–water partition coefficient (Wildman–Crippen LogP) is 5.89. The van der Waals surface area contributed by atoms with Crippen molar-refractivity contribution in [1.82, 2.24) is 5.32 Å². The lowest BCUT2D eigenvalue weighted by molar-refractivity contribution is -0.147. The lowest BCUT2D eigenvalue weighted by Crippen LogP contribution is -2.60. The highest BCUT2D eigenvalue weighted by Crippen LogP contribution is 2.38. The smallest absolute Gasteiger partial charge is 0.407 e. The normalized spacial score (nSPS) is 16.1. The van der Waals surface area contributed by atoms with E-state index in [2.05, 4.69) is 60.0 Å². The van der Waals surface area contributed by atoms with Crippen LogP contribution in [-0.4, -0.2) is 68.0 Å². The van der Waals surface area contributed by atoms with Gasteiger partial charge in [-0.25, -0.2) is 4.79 Å². The third-order valence-electron chi connectivity index (χ3n) is 7.28. The molecular weight excluding hydrogens is 530 g/mol.